The highest BCUT2D eigenvalue weighted by atomic mass is 32.2. The van der Waals surface area contributed by atoms with Crippen LogP contribution in [0, 0.1) is 27.7 Å². The van der Waals surface area contributed by atoms with Gasteiger partial charge in [-0.3, -0.25) is 13.9 Å². The summed E-state index contributed by atoms with van der Waals surface area (Å²) in [6, 6.07) is 16.5. The van der Waals surface area contributed by atoms with Gasteiger partial charge in [-0.15, -0.1) is 10.2 Å². The summed E-state index contributed by atoms with van der Waals surface area (Å²) in [6.45, 7) is 6.94. The van der Waals surface area contributed by atoms with Gasteiger partial charge < -0.3 is 21.3 Å². The number of aryl methyl sites for hydroxylation is 4. The fraction of sp³-hybridized carbons (Fsp3) is 0.150. The highest BCUT2D eigenvalue weighted by Gasteiger charge is 2.27. The molecule has 0 saturated heterocycles. The van der Waals surface area contributed by atoms with Crippen LogP contribution in [0.5, 0.6) is 5.75 Å². The molecule has 20 heteroatoms. The van der Waals surface area contributed by atoms with E-state index >= 15 is 0 Å². The Morgan fingerprint density at radius 3 is 1.67 bits per heavy atom. The van der Waals surface area contributed by atoms with Gasteiger partial charge in [-0.25, -0.2) is 4.79 Å². The number of phenols is 1. The van der Waals surface area contributed by atoms with E-state index in [0.29, 0.717) is 61.8 Å². The second-order valence-electron chi connectivity index (χ2n) is 13.8. The van der Waals surface area contributed by atoms with Crippen molar-refractivity contribution in [2.75, 3.05) is 5.73 Å². The van der Waals surface area contributed by atoms with Crippen molar-refractivity contribution in [1.82, 2.24) is 5.32 Å². The number of hydrogen-bond acceptors (Lipinski definition) is 14. The molecule has 5 aromatic carbocycles. The summed E-state index contributed by atoms with van der Waals surface area (Å²) < 4.78 is 67.4. The normalized spacial score (nSPS) is 14.3. The number of nitrogens with zero attached hydrogens (tertiary/aromatic N) is 6. The molecule has 1 atom stereocenters. The predicted octanol–water partition coefficient (Wildman–Crippen LogP) is 9.01. The molecule has 0 aliphatic heterocycles. The lowest BCUT2D eigenvalue weighted by atomic mass is 9.92. The monoisotopic (exact) mass is 852 g/mol. The van der Waals surface area contributed by atoms with Crippen molar-refractivity contribution in [1.29, 1.82) is 0 Å². The number of benzene rings is 5. The molecule has 60 heavy (non-hydrogen) atoms. The first kappa shape index (κ1) is 42.6. The number of anilines is 1. The minimum absolute atomic E-state index is 0.108. The third kappa shape index (κ3) is 9.48. The summed E-state index contributed by atoms with van der Waals surface area (Å²) in [5, 5.41) is 48.8. The molecule has 1 unspecified atom stereocenters. The number of aromatic carboxylic acids is 1. The molecule has 0 aromatic heterocycles. The van der Waals surface area contributed by atoms with Crippen LogP contribution in [0.1, 0.15) is 54.1 Å². The maximum atomic E-state index is 12.8. The molecule has 6 rings (SSSR count). The molecule has 18 nitrogen and oxygen atoms in total. The number of carboxylic acid groups (broad SMARTS) is 1. The lowest BCUT2D eigenvalue weighted by molar-refractivity contribution is 0.0697. The fourth-order valence-electron chi connectivity index (χ4n) is 6.11. The SMILES string of the molecule is Cc1cc(N=Nc2ccc(S(=O)(=O)O)cc2C(=O)O)c(C)cc1N=Nc1cc(C)c(N=Nc2c(S(=O)(=O)O)cc3c(c2O)C=CC(NC(=O)c2ccc(N)cc2)C3)cc1C. The van der Waals surface area contributed by atoms with Gasteiger partial charge in [-0.1, -0.05) is 12.2 Å². The van der Waals surface area contributed by atoms with Crippen molar-refractivity contribution in [2.45, 2.75) is 49.9 Å². The Morgan fingerprint density at radius 2 is 1.18 bits per heavy atom. The van der Waals surface area contributed by atoms with Crippen LogP contribution in [0.4, 0.5) is 39.8 Å². The third-order valence-corrected chi connectivity index (χ3v) is 11.1. The van der Waals surface area contributed by atoms with Gasteiger partial charge in [0.15, 0.2) is 5.75 Å². The summed E-state index contributed by atoms with van der Waals surface area (Å²) in [5.41, 5.74) is 10.2. The minimum atomic E-state index is -4.90. The maximum absolute atomic E-state index is 12.8. The first-order chi connectivity index (χ1) is 28.2. The van der Waals surface area contributed by atoms with Crippen LogP contribution in [-0.4, -0.2) is 54.1 Å². The average molecular weight is 853 g/mol. The highest BCUT2D eigenvalue weighted by Crippen LogP contribution is 2.43. The molecular weight excluding hydrogens is 817 g/mol. The van der Waals surface area contributed by atoms with Gasteiger partial charge in [0.05, 0.1) is 39.3 Å². The van der Waals surface area contributed by atoms with Crippen LogP contribution in [0.15, 0.2) is 119 Å². The Morgan fingerprint density at radius 1 is 0.683 bits per heavy atom. The first-order valence-corrected chi connectivity index (χ1v) is 20.6. The first-order valence-electron chi connectivity index (χ1n) is 17.7. The number of rotatable bonds is 11. The molecule has 0 spiro atoms. The molecular formula is C40H36N8O10S2. The average Bonchev–Trinajstić information content (AvgIpc) is 3.17. The third-order valence-electron chi connectivity index (χ3n) is 9.38. The van der Waals surface area contributed by atoms with E-state index in [4.69, 9.17) is 5.73 Å². The molecule has 308 valence electrons. The molecule has 0 heterocycles. The van der Waals surface area contributed by atoms with E-state index in [1.54, 1.807) is 82.3 Å². The molecule has 5 aromatic rings. The second kappa shape index (κ2) is 16.7. The number of hydrogen-bond donors (Lipinski definition) is 6. The molecule has 0 radical (unpaired) electrons. The molecule has 0 saturated carbocycles. The zero-order valence-corrected chi connectivity index (χ0v) is 33.8. The smallest absolute Gasteiger partial charge is 0.338 e. The number of nitrogens with two attached hydrogens (primary N) is 1. The van der Waals surface area contributed by atoms with Crippen molar-refractivity contribution in [3.63, 3.8) is 0 Å². The van der Waals surface area contributed by atoms with Crippen LogP contribution in [0.3, 0.4) is 0 Å². The summed E-state index contributed by atoms with van der Waals surface area (Å²) in [4.78, 5) is 23.2. The highest BCUT2D eigenvalue weighted by molar-refractivity contribution is 7.86. The number of azo groups is 3. The van der Waals surface area contributed by atoms with Gasteiger partial charge in [0.25, 0.3) is 26.1 Å². The predicted molar refractivity (Wildman–Crippen MR) is 220 cm³/mol. The van der Waals surface area contributed by atoms with Gasteiger partial charge in [0.1, 0.15) is 16.3 Å². The second-order valence-corrected chi connectivity index (χ2v) is 16.6. The summed E-state index contributed by atoms with van der Waals surface area (Å²) >= 11 is 0. The Hall–Kier alpha value is -7.00. The van der Waals surface area contributed by atoms with E-state index < -0.39 is 59.0 Å². The standard InChI is InChI=1S/C40H36N8O10S2/c1-20-14-33(21(2)13-32(20)44-43-31-12-10-28(59(53,54)55)19-30(31)40(51)52)45-46-34-15-23(4)35(16-22(34)3)47-48-37-36(60(56,57)58)18-25-17-27(9-11-29(25)38(37)49)42-39(50)24-5-7-26(41)8-6-24/h5-16,18-19,27,49H,17,41H2,1-4H3,(H,42,50)(H,51,52)(H,53,54,55)(H,56,57,58). The van der Waals surface area contributed by atoms with Crippen LogP contribution in [0.25, 0.3) is 6.08 Å². The van der Waals surface area contributed by atoms with E-state index in [1.165, 1.54) is 12.1 Å². The number of nitrogen functional groups attached to an aromatic ring is 1. The summed E-state index contributed by atoms with van der Waals surface area (Å²) in [5.74, 6) is -2.38. The Bertz CT molecular complexity index is 2950. The number of phenolic OH excluding ortho intramolecular Hbond substituents is 1. The molecule has 1 aliphatic rings. The van der Waals surface area contributed by atoms with Crippen LogP contribution >= 0.6 is 0 Å². The summed E-state index contributed by atoms with van der Waals surface area (Å²) in [7, 11) is -9.54. The quantitative estimate of drug-likeness (QED) is 0.0414. The van der Waals surface area contributed by atoms with Crippen molar-refractivity contribution >= 4 is 78.0 Å². The number of carboxylic acids is 1. The van der Waals surface area contributed by atoms with Crippen molar-refractivity contribution in [3.8, 4) is 5.75 Å². The zero-order chi connectivity index (χ0) is 43.7. The number of carbonyl (C=O) groups is 2. The number of nitrogens with one attached hydrogen (secondary N) is 1. The van der Waals surface area contributed by atoms with Crippen molar-refractivity contribution < 1.29 is 45.7 Å². The molecule has 7 N–H and O–H groups in total. The number of aromatic hydroxyl groups is 1. The van der Waals surface area contributed by atoms with E-state index in [-0.39, 0.29) is 23.6 Å². The number of fused-ring (bicyclic) bond motifs is 1. The van der Waals surface area contributed by atoms with Gasteiger partial charge in [0.2, 0.25) is 0 Å². The maximum Gasteiger partial charge on any atom is 0.338 e. The molecule has 0 fully saturated rings. The minimum Gasteiger partial charge on any atom is -0.505 e. The van der Waals surface area contributed by atoms with Crippen LogP contribution in [-0.2, 0) is 26.7 Å². The van der Waals surface area contributed by atoms with Gasteiger partial charge in [-0.2, -0.15) is 37.3 Å². The van der Waals surface area contributed by atoms with E-state index in [1.807, 2.05) is 0 Å². The van der Waals surface area contributed by atoms with Crippen molar-refractivity contribution in [2.24, 2.45) is 30.7 Å². The Labute approximate surface area is 343 Å². The van der Waals surface area contributed by atoms with Gasteiger partial charge in [-0.05, 0) is 135 Å². The molecule has 1 amide bonds. The lowest BCUT2D eigenvalue weighted by Gasteiger charge is -2.22. The van der Waals surface area contributed by atoms with E-state index in [9.17, 15) is 45.7 Å². The topological polar surface area (TPSA) is 296 Å². The van der Waals surface area contributed by atoms with Gasteiger partial charge in [0, 0.05) is 16.8 Å². The largest absolute Gasteiger partial charge is 0.505 e. The number of amides is 1. The van der Waals surface area contributed by atoms with Crippen LogP contribution < -0.4 is 11.1 Å². The Kier molecular flexibility index (Phi) is 11.9. The van der Waals surface area contributed by atoms with Gasteiger partial charge >= 0.3 is 5.97 Å². The zero-order valence-electron chi connectivity index (χ0n) is 32.2. The van der Waals surface area contributed by atoms with E-state index in [0.717, 1.165) is 18.2 Å². The van der Waals surface area contributed by atoms with Crippen molar-refractivity contribution in [3.05, 3.63) is 123 Å². The fourth-order valence-corrected chi connectivity index (χ4v) is 7.29. The lowest BCUT2D eigenvalue weighted by Crippen LogP contribution is -2.36. The van der Waals surface area contributed by atoms with E-state index in [2.05, 4.69) is 36.0 Å². The molecule has 0 bridgehead atoms. The molecule has 1 aliphatic carbocycles. The Balaban J connectivity index is 1.21. The summed E-state index contributed by atoms with van der Waals surface area (Å²) in [6.07, 6.45) is 3.28. The van der Waals surface area contributed by atoms with Crippen LogP contribution in [0.2, 0.25) is 0 Å². The number of carbonyl (C=O) groups excluding carboxylic acids is 1.